The smallest absolute Gasteiger partial charge is 0.283 e. The summed E-state index contributed by atoms with van der Waals surface area (Å²) in [5, 5.41) is 15.7. The number of hydrazone groups is 1. The SMILES string of the molecule is COc1cc(/C=C2/C(=N)N3N=C(c4ccc(C)cc4)SC3=NC2=O)cc(I)c1OCCOc1ccc(C)cc1C. The number of benzene rings is 3. The van der Waals surface area contributed by atoms with Crippen LogP contribution in [0.25, 0.3) is 6.08 Å². The minimum atomic E-state index is -0.484. The highest BCUT2D eigenvalue weighted by Crippen LogP contribution is 2.36. The number of amidine groups is 2. The number of hydrogen-bond acceptors (Lipinski definition) is 7. The number of hydrogen-bond donors (Lipinski definition) is 1. The molecule has 0 bridgehead atoms. The third kappa shape index (κ3) is 5.92. The van der Waals surface area contributed by atoms with E-state index in [9.17, 15) is 4.79 Å². The van der Waals surface area contributed by atoms with E-state index in [2.05, 4.69) is 38.8 Å². The van der Waals surface area contributed by atoms with Crippen LogP contribution >= 0.6 is 34.4 Å². The van der Waals surface area contributed by atoms with E-state index in [1.165, 1.54) is 22.3 Å². The van der Waals surface area contributed by atoms with E-state index in [1.54, 1.807) is 19.3 Å². The van der Waals surface area contributed by atoms with Gasteiger partial charge >= 0.3 is 0 Å². The number of carbonyl (C=O) groups is 1. The summed E-state index contributed by atoms with van der Waals surface area (Å²) < 4.78 is 18.3. The lowest BCUT2D eigenvalue weighted by Crippen LogP contribution is -2.35. The molecule has 3 aromatic rings. The van der Waals surface area contributed by atoms with Gasteiger partial charge in [-0.15, -0.1) is 0 Å². The number of rotatable bonds is 8. The second-order valence-corrected chi connectivity index (χ2v) is 11.4. The summed E-state index contributed by atoms with van der Waals surface area (Å²) in [5.41, 5.74) is 5.14. The first-order valence-corrected chi connectivity index (χ1v) is 14.4. The summed E-state index contributed by atoms with van der Waals surface area (Å²) in [5.74, 6) is 1.42. The molecule has 1 N–H and O–H groups in total. The molecule has 0 spiro atoms. The summed E-state index contributed by atoms with van der Waals surface area (Å²) in [7, 11) is 1.56. The highest BCUT2D eigenvalue weighted by atomic mass is 127. The molecular formula is C30H27IN4O4S. The second kappa shape index (κ2) is 11.8. The molecule has 2 aliphatic heterocycles. The van der Waals surface area contributed by atoms with Crippen molar-refractivity contribution in [3.8, 4) is 17.2 Å². The zero-order valence-electron chi connectivity index (χ0n) is 22.4. The maximum Gasteiger partial charge on any atom is 0.283 e. The van der Waals surface area contributed by atoms with Crippen LogP contribution in [0.5, 0.6) is 17.2 Å². The molecule has 1 amide bonds. The minimum absolute atomic E-state index is 0.0255. The summed E-state index contributed by atoms with van der Waals surface area (Å²) in [6.45, 7) is 6.79. The molecule has 0 unspecified atom stereocenters. The number of fused-ring (bicyclic) bond motifs is 1. The van der Waals surface area contributed by atoms with Crippen molar-refractivity contribution in [2.45, 2.75) is 20.8 Å². The zero-order valence-corrected chi connectivity index (χ0v) is 25.4. The first-order valence-electron chi connectivity index (χ1n) is 12.5. The largest absolute Gasteiger partial charge is 0.493 e. The van der Waals surface area contributed by atoms with E-state index in [1.807, 2.05) is 63.2 Å². The van der Waals surface area contributed by atoms with Crippen molar-refractivity contribution in [1.82, 2.24) is 5.01 Å². The first kappa shape index (κ1) is 27.9. The predicted octanol–water partition coefficient (Wildman–Crippen LogP) is 6.35. The number of ether oxygens (including phenoxy) is 3. The summed E-state index contributed by atoms with van der Waals surface area (Å²) in [6, 6.07) is 17.6. The number of carbonyl (C=O) groups excluding carboxylic acids is 1. The average Bonchev–Trinajstić information content (AvgIpc) is 3.35. The Bertz CT molecular complexity index is 1600. The molecule has 204 valence electrons. The van der Waals surface area contributed by atoms with Gasteiger partial charge in [-0.2, -0.15) is 15.1 Å². The molecule has 40 heavy (non-hydrogen) atoms. The van der Waals surface area contributed by atoms with Crippen molar-refractivity contribution >= 4 is 62.4 Å². The molecule has 2 heterocycles. The highest BCUT2D eigenvalue weighted by Gasteiger charge is 2.36. The molecule has 3 aromatic carbocycles. The van der Waals surface area contributed by atoms with Gasteiger partial charge in [0, 0.05) is 5.56 Å². The number of aryl methyl sites for hydroxylation is 3. The summed E-state index contributed by atoms with van der Waals surface area (Å²) >= 11 is 3.45. The molecule has 0 fully saturated rings. The summed E-state index contributed by atoms with van der Waals surface area (Å²) in [4.78, 5) is 17.1. The van der Waals surface area contributed by atoms with E-state index >= 15 is 0 Å². The molecule has 0 radical (unpaired) electrons. The monoisotopic (exact) mass is 666 g/mol. The highest BCUT2D eigenvalue weighted by molar-refractivity contribution is 14.1. The van der Waals surface area contributed by atoms with E-state index < -0.39 is 5.91 Å². The van der Waals surface area contributed by atoms with Crippen LogP contribution < -0.4 is 14.2 Å². The van der Waals surface area contributed by atoms with Crippen LogP contribution in [0.4, 0.5) is 0 Å². The fourth-order valence-corrected chi connectivity index (χ4v) is 5.87. The Labute approximate surface area is 250 Å². The van der Waals surface area contributed by atoms with Crippen molar-refractivity contribution in [2.24, 2.45) is 10.1 Å². The maximum absolute atomic E-state index is 12.9. The number of halogens is 1. The van der Waals surface area contributed by atoms with E-state index in [0.29, 0.717) is 40.5 Å². The molecule has 2 aliphatic rings. The molecule has 10 heteroatoms. The number of amides is 1. The van der Waals surface area contributed by atoms with Gasteiger partial charge in [0.15, 0.2) is 17.3 Å². The lowest BCUT2D eigenvalue weighted by atomic mass is 10.1. The van der Waals surface area contributed by atoms with Crippen LogP contribution in [0.1, 0.15) is 27.8 Å². The van der Waals surface area contributed by atoms with Gasteiger partial charge in [-0.1, -0.05) is 47.5 Å². The van der Waals surface area contributed by atoms with Crippen LogP contribution in [0.2, 0.25) is 0 Å². The Balaban J connectivity index is 1.31. The average molecular weight is 667 g/mol. The van der Waals surface area contributed by atoms with Crippen molar-refractivity contribution in [3.05, 3.63) is 91.6 Å². The topological polar surface area (TPSA) is 96.6 Å². The van der Waals surface area contributed by atoms with E-state index in [4.69, 9.17) is 19.6 Å². The fraction of sp³-hybridized carbons (Fsp3) is 0.200. The molecule has 8 nitrogen and oxygen atoms in total. The third-order valence-electron chi connectivity index (χ3n) is 6.23. The Morgan fingerprint density at radius 2 is 1.70 bits per heavy atom. The van der Waals surface area contributed by atoms with Crippen LogP contribution in [0.15, 0.2) is 70.3 Å². The lowest BCUT2D eigenvalue weighted by molar-refractivity contribution is -0.114. The van der Waals surface area contributed by atoms with Gasteiger partial charge in [-0.25, -0.2) is 0 Å². The van der Waals surface area contributed by atoms with Gasteiger partial charge < -0.3 is 14.2 Å². The Morgan fingerprint density at radius 1 is 0.975 bits per heavy atom. The van der Waals surface area contributed by atoms with Crippen molar-refractivity contribution in [3.63, 3.8) is 0 Å². The normalized spacial score (nSPS) is 15.6. The lowest BCUT2D eigenvalue weighted by Gasteiger charge is -2.20. The second-order valence-electron chi connectivity index (χ2n) is 9.29. The number of thioether (sulfide) groups is 1. The zero-order chi connectivity index (χ0) is 28.4. The number of aliphatic imine (C=N–C) groups is 1. The molecule has 0 aromatic heterocycles. The number of nitrogens with one attached hydrogen (secondary N) is 1. The molecule has 0 atom stereocenters. The third-order valence-corrected chi connectivity index (χ3v) is 7.99. The fourth-order valence-electron chi connectivity index (χ4n) is 4.19. The van der Waals surface area contributed by atoms with Gasteiger partial charge in [0.05, 0.1) is 16.3 Å². The predicted molar refractivity (Wildman–Crippen MR) is 168 cm³/mol. The molecular weight excluding hydrogens is 639 g/mol. The Hall–Kier alpha value is -3.64. The molecule has 0 saturated carbocycles. The van der Waals surface area contributed by atoms with Gasteiger partial charge in [0.1, 0.15) is 24.0 Å². The molecule has 5 rings (SSSR count). The van der Waals surface area contributed by atoms with Crippen LogP contribution in [-0.4, -0.2) is 47.3 Å². The van der Waals surface area contributed by atoms with Gasteiger partial charge in [-0.05, 0) is 90.5 Å². The number of nitrogens with zero attached hydrogens (tertiary/aromatic N) is 3. The first-order chi connectivity index (χ1) is 19.2. The Morgan fingerprint density at radius 3 is 2.42 bits per heavy atom. The van der Waals surface area contributed by atoms with Gasteiger partial charge in [-0.3, -0.25) is 10.2 Å². The summed E-state index contributed by atoms with van der Waals surface area (Å²) in [6.07, 6.45) is 1.63. The van der Waals surface area contributed by atoms with Crippen LogP contribution in [0.3, 0.4) is 0 Å². The molecule has 0 aliphatic carbocycles. The van der Waals surface area contributed by atoms with Crippen LogP contribution in [-0.2, 0) is 4.79 Å². The van der Waals surface area contributed by atoms with Gasteiger partial charge in [0.2, 0.25) is 5.17 Å². The van der Waals surface area contributed by atoms with E-state index in [-0.39, 0.29) is 11.4 Å². The van der Waals surface area contributed by atoms with E-state index in [0.717, 1.165) is 26.0 Å². The standard InChI is InChI=1S/C30H27IN4O4S/c1-17-5-8-21(9-6-17)29-34-35-27(32)22(28(36)33-30(35)40-29)14-20-15-23(31)26(25(16-20)37-4)39-12-11-38-24-10-7-18(2)13-19(24)3/h5-10,13-16,32H,11-12H2,1-4H3/b22-14-,32-27?. The maximum atomic E-state index is 12.9. The van der Waals surface area contributed by atoms with Crippen molar-refractivity contribution < 1.29 is 19.0 Å². The van der Waals surface area contributed by atoms with Crippen LogP contribution in [0, 0.1) is 29.8 Å². The van der Waals surface area contributed by atoms with Crippen molar-refractivity contribution in [2.75, 3.05) is 20.3 Å². The van der Waals surface area contributed by atoms with Gasteiger partial charge in [0.25, 0.3) is 5.91 Å². The quantitative estimate of drug-likeness (QED) is 0.171. The number of methoxy groups -OCH3 is 1. The molecule has 0 saturated heterocycles. The Kier molecular flexibility index (Phi) is 8.27. The van der Waals surface area contributed by atoms with Crippen molar-refractivity contribution in [1.29, 1.82) is 5.41 Å². The minimum Gasteiger partial charge on any atom is -0.493 e.